The van der Waals surface area contributed by atoms with Crippen molar-refractivity contribution >= 4 is 5.71 Å². The van der Waals surface area contributed by atoms with Gasteiger partial charge in [-0.15, -0.1) is 0 Å². The summed E-state index contributed by atoms with van der Waals surface area (Å²) in [5, 5.41) is 4.00. The third-order valence-electron chi connectivity index (χ3n) is 1.54. The molecule has 0 aliphatic carbocycles. The molecule has 0 spiro atoms. The van der Waals surface area contributed by atoms with Crippen LogP contribution in [-0.2, 0) is 4.84 Å². The van der Waals surface area contributed by atoms with Crippen molar-refractivity contribution in [2.75, 3.05) is 6.61 Å². The molecule has 0 bridgehead atoms. The largest absolute Gasteiger partial charge is 0.392 e. The lowest BCUT2D eigenvalue weighted by atomic mass is 10.2. The zero-order valence-electron chi connectivity index (χ0n) is 8.84. The summed E-state index contributed by atoms with van der Waals surface area (Å²) < 4.78 is 0. The van der Waals surface area contributed by atoms with Crippen molar-refractivity contribution in [2.24, 2.45) is 5.16 Å². The van der Waals surface area contributed by atoms with Gasteiger partial charge in [0.2, 0.25) is 0 Å². The van der Waals surface area contributed by atoms with Crippen LogP contribution in [0.2, 0.25) is 0 Å². The Morgan fingerprint density at radius 3 is 2.62 bits per heavy atom. The van der Waals surface area contributed by atoms with E-state index in [-0.39, 0.29) is 0 Å². The summed E-state index contributed by atoms with van der Waals surface area (Å²) in [4.78, 5) is 5.01. The molecule has 2 heteroatoms. The van der Waals surface area contributed by atoms with Crippen molar-refractivity contribution in [2.45, 2.75) is 33.6 Å². The van der Waals surface area contributed by atoms with E-state index in [9.17, 15) is 0 Å². The summed E-state index contributed by atoms with van der Waals surface area (Å²) in [5.74, 6) is 0. The number of rotatable bonds is 6. The van der Waals surface area contributed by atoms with Gasteiger partial charge < -0.3 is 4.84 Å². The van der Waals surface area contributed by atoms with Gasteiger partial charge in [-0.25, -0.2) is 0 Å². The maximum Gasteiger partial charge on any atom is 0.135 e. The van der Waals surface area contributed by atoms with Crippen LogP contribution >= 0.6 is 0 Å². The Balaban J connectivity index is 3.93. The molecule has 0 aliphatic heterocycles. The van der Waals surface area contributed by atoms with Crippen LogP contribution in [-0.4, -0.2) is 12.3 Å². The Morgan fingerprint density at radius 2 is 2.15 bits per heavy atom. The third-order valence-corrected chi connectivity index (χ3v) is 1.54. The van der Waals surface area contributed by atoms with Crippen molar-refractivity contribution in [3.05, 3.63) is 24.3 Å². The highest BCUT2D eigenvalue weighted by molar-refractivity contribution is 5.85. The second-order valence-electron chi connectivity index (χ2n) is 3.08. The lowest BCUT2D eigenvalue weighted by Gasteiger charge is -2.00. The molecular weight excluding hydrogens is 162 g/mol. The Hall–Kier alpha value is -1.05. The van der Waals surface area contributed by atoms with Gasteiger partial charge >= 0.3 is 0 Å². The van der Waals surface area contributed by atoms with Gasteiger partial charge in [-0.2, -0.15) is 0 Å². The van der Waals surface area contributed by atoms with Crippen LogP contribution in [0.25, 0.3) is 0 Å². The van der Waals surface area contributed by atoms with E-state index in [0.717, 1.165) is 18.6 Å². The average molecular weight is 181 g/mol. The predicted octanol–water partition coefficient (Wildman–Crippen LogP) is 3.31. The lowest BCUT2D eigenvalue weighted by Crippen LogP contribution is -1.96. The van der Waals surface area contributed by atoms with Gasteiger partial charge in [0, 0.05) is 6.42 Å². The number of hydrogen-bond acceptors (Lipinski definition) is 2. The molecule has 13 heavy (non-hydrogen) atoms. The topological polar surface area (TPSA) is 21.6 Å². The molecule has 0 unspecified atom stereocenters. The summed E-state index contributed by atoms with van der Waals surface area (Å²) >= 11 is 0. The predicted molar refractivity (Wildman–Crippen MR) is 57.9 cm³/mol. The fourth-order valence-electron chi connectivity index (χ4n) is 0.749. The molecule has 0 radical (unpaired) electrons. The van der Waals surface area contributed by atoms with E-state index in [1.807, 2.05) is 0 Å². The summed E-state index contributed by atoms with van der Waals surface area (Å²) in [6.45, 7) is 10.3. The van der Waals surface area contributed by atoms with E-state index in [0.29, 0.717) is 6.61 Å². The van der Waals surface area contributed by atoms with E-state index < -0.39 is 0 Å². The Kier molecular flexibility index (Phi) is 6.98. The van der Waals surface area contributed by atoms with E-state index in [1.54, 1.807) is 6.08 Å². The summed E-state index contributed by atoms with van der Waals surface area (Å²) in [5.41, 5.74) is 2.38. The standard InChI is InChI=1S/C11H19NO/c1-5-9-13-12-11(6-2)8-7-10(3)4/h5,7H,1,6,8-9H2,2-4H3. The van der Waals surface area contributed by atoms with Gasteiger partial charge in [0.05, 0.1) is 5.71 Å². The fourth-order valence-corrected chi connectivity index (χ4v) is 0.749. The molecule has 0 rings (SSSR count). The van der Waals surface area contributed by atoms with Gasteiger partial charge in [-0.1, -0.05) is 36.4 Å². The van der Waals surface area contributed by atoms with Gasteiger partial charge in [0.15, 0.2) is 0 Å². The van der Waals surface area contributed by atoms with Crippen molar-refractivity contribution in [1.29, 1.82) is 0 Å². The molecule has 0 aromatic carbocycles. The molecule has 0 saturated heterocycles. The van der Waals surface area contributed by atoms with Crippen molar-refractivity contribution in [1.82, 2.24) is 0 Å². The second-order valence-corrected chi connectivity index (χ2v) is 3.08. The molecule has 0 aliphatic rings. The lowest BCUT2D eigenvalue weighted by molar-refractivity contribution is 0.173. The first kappa shape index (κ1) is 11.9. The van der Waals surface area contributed by atoms with Gasteiger partial charge in [0.1, 0.15) is 6.61 Å². The highest BCUT2D eigenvalue weighted by Crippen LogP contribution is 1.99. The zero-order valence-corrected chi connectivity index (χ0v) is 8.84. The van der Waals surface area contributed by atoms with Crippen LogP contribution in [0.3, 0.4) is 0 Å². The number of hydrogen-bond donors (Lipinski definition) is 0. The molecule has 0 saturated carbocycles. The third kappa shape index (κ3) is 7.32. The molecule has 0 N–H and O–H groups in total. The maximum atomic E-state index is 5.01. The Bertz CT molecular complexity index is 200. The molecule has 0 aromatic rings. The minimum absolute atomic E-state index is 0.484. The normalized spacial score (nSPS) is 10.8. The molecule has 2 nitrogen and oxygen atoms in total. The SMILES string of the molecule is C=CCON=C(CC)CC=C(C)C. The summed E-state index contributed by atoms with van der Waals surface area (Å²) in [6, 6.07) is 0. The summed E-state index contributed by atoms with van der Waals surface area (Å²) in [6.07, 6.45) is 5.66. The first-order chi connectivity index (χ1) is 6.20. The molecule has 0 aromatic heterocycles. The van der Waals surface area contributed by atoms with Crippen LogP contribution in [0.15, 0.2) is 29.5 Å². The van der Waals surface area contributed by atoms with Crippen LogP contribution in [0, 0.1) is 0 Å². The van der Waals surface area contributed by atoms with Gasteiger partial charge in [0.25, 0.3) is 0 Å². The van der Waals surface area contributed by atoms with Gasteiger partial charge in [-0.05, 0) is 20.3 Å². The minimum Gasteiger partial charge on any atom is -0.392 e. The Labute approximate surface area is 81.0 Å². The molecule has 74 valence electrons. The highest BCUT2D eigenvalue weighted by Gasteiger charge is 1.93. The van der Waals surface area contributed by atoms with E-state index in [4.69, 9.17) is 4.84 Å². The van der Waals surface area contributed by atoms with Crippen LogP contribution in [0.4, 0.5) is 0 Å². The molecule has 0 heterocycles. The number of oxime groups is 1. The zero-order chi connectivity index (χ0) is 10.1. The minimum atomic E-state index is 0.484. The number of nitrogens with zero attached hydrogens (tertiary/aromatic N) is 1. The second kappa shape index (κ2) is 7.59. The van der Waals surface area contributed by atoms with Crippen LogP contribution in [0.1, 0.15) is 33.6 Å². The smallest absolute Gasteiger partial charge is 0.135 e. The van der Waals surface area contributed by atoms with Crippen molar-refractivity contribution in [3.8, 4) is 0 Å². The monoisotopic (exact) mass is 181 g/mol. The molecular formula is C11H19NO. The van der Waals surface area contributed by atoms with E-state index in [1.165, 1.54) is 5.57 Å². The molecule has 0 amide bonds. The Morgan fingerprint density at radius 1 is 1.46 bits per heavy atom. The van der Waals surface area contributed by atoms with Crippen molar-refractivity contribution in [3.63, 3.8) is 0 Å². The maximum absolute atomic E-state index is 5.01. The molecule has 0 fully saturated rings. The molecule has 0 atom stereocenters. The van der Waals surface area contributed by atoms with Crippen molar-refractivity contribution < 1.29 is 4.84 Å². The van der Waals surface area contributed by atoms with E-state index >= 15 is 0 Å². The quantitative estimate of drug-likeness (QED) is 0.266. The fraction of sp³-hybridized carbons (Fsp3) is 0.545. The number of allylic oxidation sites excluding steroid dienone is 2. The van der Waals surface area contributed by atoms with Gasteiger partial charge in [-0.3, -0.25) is 0 Å². The van der Waals surface area contributed by atoms with Crippen LogP contribution in [0.5, 0.6) is 0 Å². The first-order valence-electron chi connectivity index (χ1n) is 4.62. The first-order valence-corrected chi connectivity index (χ1v) is 4.62. The van der Waals surface area contributed by atoms with E-state index in [2.05, 4.69) is 38.6 Å². The average Bonchev–Trinajstić information content (AvgIpc) is 2.10. The highest BCUT2D eigenvalue weighted by atomic mass is 16.6. The van der Waals surface area contributed by atoms with Crippen LogP contribution < -0.4 is 0 Å². The summed E-state index contributed by atoms with van der Waals surface area (Å²) in [7, 11) is 0.